The van der Waals surface area contributed by atoms with Gasteiger partial charge in [0.2, 0.25) is 0 Å². The average molecular weight is 197 g/mol. The van der Waals surface area contributed by atoms with Crippen molar-refractivity contribution in [3.8, 4) is 0 Å². The smallest absolute Gasteiger partial charge is 0.115 e. The van der Waals surface area contributed by atoms with Crippen molar-refractivity contribution in [1.82, 2.24) is 15.5 Å². The molecule has 1 aliphatic carbocycles. The summed E-state index contributed by atoms with van der Waals surface area (Å²) in [5, 5.41) is 10.1. The molecule has 0 unspecified atom stereocenters. The maximum atomic E-state index is 13.2. The van der Waals surface area contributed by atoms with Crippen LogP contribution in [0.15, 0.2) is 6.20 Å². The predicted octanol–water partition coefficient (Wildman–Crippen LogP) is 1.70. The Morgan fingerprint density at radius 3 is 3.07 bits per heavy atom. The number of nitrogens with zero attached hydrogens (tertiary/aromatic N) is 1. The van der Waals surface area contributed by atoms with Gasteiger partial charge in [0.25, 0.3) is 0 Å². The Labute approximate surface area is 83.1 Å². The zero-order valence-corrected chi connectivity index (χ0v) is 8.39. The van der Waals surface area contributed by atoms with E-state index in [1.54, 1.807) is 6.20 Å². The van der Waals surface area contributed by atoms with E-state index in [1.165, 1.54) is 0 Å². The van der Waals surface area contributed by atoms with Crippen LogP contribution in [0.2, 0.25) is 0 Å². The molecule has 2 N–H and O–H groups in total. The zero-order chi connectivity index (χ0) is 9.97. The fourth-order valence-electron chi connectivity index (χ4n) is 1.93. The molecule has 78 valence electrons. The lowest BCUT2D eigenvalue weighted by Gasteiger charge is -2.14. The number of aryl methyl sites for hydroxylation is 1. The largest absolute Gasteiger partial charge is 0.306 e. The van der Waals surface area contributed by atoms with E-state index >= 15 is 0 Å². The van der Waals surface area contributed by atoms with Gasteiger partial charge < -0.3 is 5.32 Å². The number of hydrogen-bond donors (Lipinski definition) is 2. The second-order valence-corrected chi connectivity index (χ2v) is 3.97. The van der Waals surface area contributed by atoms with Crippen molar-refractivity contribution in [2.24, 2.45) is 0 Å². The minimum Gasteiger partial charge on any atom is -0.306 e. The summed E-state index contributed by atoms with van der Waals surface area (Å²) in [7, 11) is 0. The minimum absolute atomic E-state index is 0.0395. The van der Waals surface area contributed by atoms with E-state index in [4.69, 9.17) is 0 Å². The van der Waals surface area contributed by atoms with Gasteiger partial charge in [-0.3, -0.25) is 5.10 Å². The lowest BCUT2D eigenvalue weighted by Crippen LogP contribution is -2.33. The molecule has 1 fully saturated rings. The van der Waals surface area contributed by atoms with E-state index < -0.39 is 6.17 Å². The molecular weight excluding hydrogens is 181 g/mol. The Balaban J connectivity index is 1.85. The quantitative estimate of drug-likeness (QED) is 0.774. The molecule has 4 heteroatoms. The van der Waals surface area contributed by atoms with Crippen LogP contribution >= 0.6 is 0 Å². The molecule has 1 aliphatic rings. The molecule has 0 radical (unpaired) electrons. The monoisotopic (exact) mass is 197 g/mol. The highest BCUT2D eigenvalue weighted by molar-refractivity contribution is 5.13. The molecule has 1 saturated carbocycles. The van der Waals surface area contributed by atoms with Crippen LogP contribution in [-0.4, -0.2) is 22.4 Å². The summed E-state index contributed by atoms with van der Waals surface area (Å²) in [5.41, 5.74) is 2.19. The Hall–Kier alpha value is -0.900. The van der Waals surface area contributed by atoms with Crippen LogP contribution in [0.3, 0.4) is 0 Å². The Morgan fingerprint density at radius 1 is 1.64 bits per heavy atom. The van der Waals surface area contributed by atoms with Gasteiger partial charge in [0.15, 0.2) is 0 Å². The second-order valence-electron chi connectivity index (χ2n) is 3.97. The molecule has 3 nitrogen and oxygen atoms in total. The molecule has 0 saturated heterocycles. The molecule has 0 aromatic carbocycles. The lowest BCUT2D eigenvalue weighted by atomic mass is 10.2. The third-order valence-corrected chi connectivity index (χ3v) is 2.91. The summed E-state index contributed by atoms with van der Waals surface area (Å²) in [6.07, 6.45) is 3.78. The van der Waals surface area contributed by atoms with Gasteiger partial charge in [-0.1, -0.05) is 0 Å². The number of aromatic nitrogens is 2. The van der Waals surface area contributed by atoms with Gasteiger partial charge in [-0.15, -0.1) is 0 Å². The van der Waals surface area contributed by atoms with Gasteiger partial charge in [0.05, 0.1) is 11.9 Å². The van der Waals surface area contributed by atoms with Crippen LogP contribution in [0.1, 0.15) is 30.5 Å². The summed E-state index contributed by atoms with van der Waals surface area (Å²) in [6, 6.07) is 0.0395. The highest BCUT2D eigenvalue weighted by Gasteiger charge is 2.26. The first-order chi connectivity index (χ1) is 6.77. The molecule has 0 spiro atoms. The van der Waals surface area contributed by atoms with E-state index in [1.807, 2.05) is 6.92 Å². The summed E-state index contributed by atoms with van der Waals surface area (Å²) >= 11 is 0. The molecule has 2 atom stereocenters. The Kier molecular flexibility index (Phi) is 2.82. The first-order valence-corrected chi connectivity index (χ1v) is 5.13. The number of aromatic amines is 1. The first-order valence-electron chi connectivity index (χ1n) is 5.13. The van der Waals surface area contributed by atoms with E-state index in [-0.39, 0.29) is 6.04 Å². The van der Waals surface area contributed by atoms with Crippen LogP contribution < -0.4 is 5.32 Å². The van der Waals surface area contributed by atoms with Crippen molar-refractivity contribution in [2.45, 2.75) is 44.9 Å². The van der Waals surface area contributed by atoms with Crippen LogP contribution in [0.25, 0.3) is 0 Å². The number of hydrogen-bond acceptors (Lipinski definition) is 2. The van der Waals surface area contributed by atoms with Crippen molar-refractivity contribution >= 4 is 0 Å². The number of alkyl halides is 1. The van der Waals surface area contributed by atoms with Crippen molar-refractivity contribution in [3.05, 3.63) is 17.5 Å². The van der Waals surface area contributed by atoms with E-state index in [0.717, 1.165) is 24.1 Å². The van der Waals surface area contributed by atoms with Crippen LogP contribution in [0.4, 0.5) is 4.39 Å². The normalized spacial score (nSPS) is 27.0. The minimum atomic E-state index is -0.668. The number of rotatable bonds is 3. The topological polar surface area (TPSA) is 40.7 Å². The van der Waals surface area contributed by atoms with Gasteiger partial charge >= 0.3 is 0 Å². The van der Waals surface area contributed by atoms with Crippen molar-refractivity contribution < 1.29 is 4.39 Å². The maximum Gasteiger partial charge on any atom is 0.115 e. The summed E-state index contributed by atoms with van der Waals surface area (Å²) < 4.78 is 13.2. The summed E-state index contributed by atoms with van der Waals surface area (Å²) in [4.78, 5) is 0. The van der Waals surface area contributed by atoms with E-state index in [9.17, 15) is 4.39 Å². The van der Waals surface area contributed by atoms with Crippen molar-refractivity contribution in [3.63, 3.8) is 0 Å². The Morgan fingerprint density at radius 2 is 2.50 bits per heavy atom. The summed E-state index contributed by atoms with van der Waals surface area (Å²) in [6.45, 7) is 2.69. The average Bonchev–Trinajstić information content (AvgIpc) is 2.72. The second kappa shape index (κ2) is 4.09. The van der Waals surface area contributed by atoms with Gasteiger partial charge in [-0.2, -0.15) is 5.10 Å². The fraction of sp³-hybridized carbons (Fsp3) is 0.700. The van der Waals surface area contributed by atoms with Gasteiger partial charge in [-0.25, -0.2) is 4.39 Å². The van der Waals surface area contributed by atoms with Crippen LogP contribution in [-0.2, 0) is 6.54 Å². The molecule has 0 bridgehead atoms. The van der Waals surface area contributed by atoms with Gasteiger partial charge in [0, 0.05) is 12.6 Å². The molecule has 2 rings (SSSR count). The summed E-state index contributed by atoms with van der Waals surface area (Å²) in [5.74, 6) is 0. The predicted molar refractivity (Wildman–Crippen MR) is 52.7 cm³/mol. The molecule has 1 heterocycles. The Bertz CT molecular complexity index is 297. The first kappa shape index (κ1) is 9.65. The van der Waals surface area contributed by atoms with Gasteiger partial charge in [-0.05, 0) is 31.7 Å². The number of nitrogens with one attached hydrogen (secondary N) is 2. The number of halogens is 1. The fourth-order valence-corrected chi connectivity index (χ4v) is 1.93. The van der Waals surface area contributed by atoms with Crippen LogP contribution in [0, 0.1) is 6.92 Å². The zero-order valence-electron chi connectivity index (χ0n) is 8.39. The van der Waals surface area contributed by atoms with E-state index in [2.05, 4.69) is 15.5 Å². The van der Waals surface area contributed by atoms with Gasteiger partial charge in [0.1, 0.15) is 6.17 Å². The van der Waals surface area contributed by atoms with Crippen molar-refractivity contribution in [2.75, 3.05) is 0 Å². The lowest BCUT2D eigenvalue weighted by molar-refractivity contribution is 0.278. The van der Waals surface area contributed by atoms with E-state index in [0.29, 0.717) is 13.0 Å². The highest BCUT2D eigenvalue weighted by Crippen LogP contribution is 2.22. The molecule has 1 aromatic rings. The van der Waals surface area contributed by atoms with Crippen molar-refractivity contribution in [1.29, 1.82) is 0 Å². The maximum absolute atomic E-state index is 13.2. The third kappa shape index (κ3) is 1.95. The SMILES string of the molecule is Cc1cn[nH]c1CN[C@H]1CCC[C@H]1F. The number of H-pyrrole nitrogens is 1. The third-order valence-electron chi connectivity index (χ3n) is 2.91. The molecule has 14 heavy (non-hydrogen) atoms. The molecule has 1 aromatic heterocycles. The van der Waals surface area contributed by atoms with Crippen LogP contribution in [0.5, 0.6) is 0 Å². The molecule has 0 amide bonds. The highest BCUT2D eigenvalue weighted by atomic mass is 19.1. The molecule has 0 aliphatic heterocycles. The standard InChI is InChI=1S/C10H16FN3/c1-7-5-13-14-10(7)6-12-9-4-2-3-8(9)11/h5,8-9,12H,2-4,6H2,1H3,(H,13,14)/t8-,9+/m1/s1. The molecular formula is C10H16FN3.